The number of sulfonamides is 1. The number of hydrogen-bond acceptors (Lipinski definition) is 4. The molecule has 21 heavy (non-hydrogen) atoms. The molecule has 0 spiro atoms. The van der Waals surface area contributed by atoms with E-state index in [0.717, 1.165) is 37.0 Å². The highest BCUT2D eigenvalue weighted by molar-refractivity contribution is 7.91. The number of rotatable bonds is 4. The molecule has 0 aliphatic heterocycles. The van der Waals surface area contributed by atoms with E-state index in [2.05, 4.69) is 6.92 Å². The molecule has 1 aromatic heterocycles. The molecular weight excluding hydrogens is 310 g/mol. The Labute approximate surface area is 129 Å². The van der Waals surface area contributed by atoms with Crippen LogP contribution in [0, 0.1) is 12.8 Å². The Bertz CT molecular complexity index is 635. The average molecular weight is 331 g/mol. The Morgan fingerprint density at radius 3 is 2.62 bits per heavy atom. The van der Waals surface area contributed by atoms with E-state index in [-0.39, 0.29) is 15.1 Å². The maximum Gasteiger partial charge on any atom is 0.346 e. The van der Waals surface area contributed by atoms with Crippen molar-refractivity contribution < 1.29 is 18.3 Å². The highest BCUT2D eigenvalue weighted by Gasteiger charge is 2.32. The van der Waals surface area contributed by atoms with Gasteiger partial charge in [-0.1, -0.05) is 19.8 Å². The molecule has 1 aliphatic carbocycles. The second-order valence-corrected chi connectivity index (χ2v) is 9.11. The molecule has 0 amide bonds. The molecule has 2 atom stereocenters. The second-order valence-electron chi connectivity index (χ2n) is 5.83. The third kappa shape index (κ3) is 3.30. The molecule has 0 bridgehead atoms. The fraction of sp³-hybridized carbons (Fsp3) is 0.643. The quantitative estimate of drug-likeness (QED) is 0.920. The van der Waals surface area contributed by atoms with Gasteiger partial charge in [-0.25, -0.2) is 13.2 Å². The third-order valence-electron chi connectivity index (χ3n) is 4.15. The Hall–Kier alpha value is -0.920. The van der Waals surface area contributed by atoms with Gasteiger partial charge in [-0.2, -0.15) is 4.31 Å². The van der Waals surface area contributed by atoms with Gasteiger partial charge in [0.2, 0.25) is 0 Å². The van der Waals surface area contributed by atoms with Crippen molar-refractivity contribution in [3.05, 3.63) is 16.5 Å². The highest BCUT2D eigenvalue weighted by Crippen LogP contribution is 2.33. The molecule has 1 aliphatic rings. The number of hydrogen-bond donors (Lipinski definition) is 1. The van der Waals surface area contributed by atoms with E-state index in [1.807, 2.05) is 0 Å². The lowest BCUT2D eigenvalue weighted by Crippen LogP contribution is -2.39. The molecule has 1 fully saturated rings. The molecule has 0 aromatic carbocycles. The van der Waals surface area contributed by atoms with Crippen molar-refractivity contribution in [3.8, 4) is 0 Å². The Morgan fingerprint density at radius 1 is 1.43 bits per heavy atom. The first-order valence-corrected chi connectivity index (χ1v) is 9.31. The van der Waals surface area contributed by atoms with Crippen molar-refractivity contribution in [2.75, 3.05) is 7.05 Å². The maximum absolute atomic E-state index is 12.7. The fourth-order valence-corrected chi connectivity index (χ4v) is 5.82. The fourth-order valence-electron chi connectivity index (χ4n) is 2.86. The van der Waals surface area contributed by atoms with E-state index in [9.17, 15) is 13.2 Å². The summed E-state index contributed by atoms with van der Waals surface area (Å²) in [5.41, 5.74) is 0.497. The van der Waals surface area contributed by atoms with Crippen LogP contribution in [-0.4, -0.2) is 36.9 Å². The van der Waals surface area contributed by atoms with Gasteiger partial charge in [0.05, 0.1) is 0 Å². The van der Waals surface area contributed by atoms with Crippen LogP contribution in [0.1, 0.15) is 47.8 Å². The van der Waals surface area contributed by atoms with Crippen molar-refractivity contribution in [1.82, 2.24) is 4.31 Å². The monoisotopic (exact) mass is 331 g/mol. The second kappa shape index (κ2) is 6.06. The van der Waals surface area contributed by atoms with Gasteiger partial charge in [-0.3, -0.25) is 0 Å². The predicted molar refractivity (Wildman–Crippen MR) is 82.4 cm³/mol. The first-order valence-electron chi connectivity index (χ1n) is 7.05. The number of carbonyl (C=O) groups is 1. The van der Waals surface area contributed by atoms with Crippen LogP contribution in [-0.2, 0) is 10.0 Å². The van der Waals surface area contributed by atoms with E-state index in [1.165, 1.54) is 10.4 Å². The number of carboxylic acid groups (broad SMARTS) is 1. The van der Waals surface area contributed by atoms with Crippen molar-refractivity contribution in [2.24, 2.45) is 5.92 Å². The Morgan fingerprint density at radius 2 is 2.10 bits per heavy atom. The highest BCUT2D eigenvalue weighted by atomic mass is 32.2. The third-order valence-corrected chi connectivity index (χ3v) is 7.73. The van der Waals surface area contributed by atoms with Crippen molar-refractivity contribution in [2.45, 2.75) is 49.8 Å². The van der Waals surface area contributed by atoms with Crippen LogP contribution < -0.4 is 0 Å². The van der Waals surface area contributed by atoms with E-state index < -0.39 is 16.0 Å². The topological polar surface area (TPSA) is 74.7 Å². The maximum atomic E-state index is 12.7. The summed E-state index contributed by atoms with van der Waals surface area (Å²) in [6, 6.07) is 1.47. The van der Waals surface area contributed by atoms with Gasteiger partial charge in [0.1, 0.15) is 9.09 Å². The zero-order chi connectivity index (χ0) is 15.8. The summed E-state index contributed by atoms with van der Waals surface area (Å²) in [6.45, 7) is 3.77. The van der Waals surface area contributed by atoms with Crippen molar-refractivity contribution in [3.63, 3.8) is 0 Å². The summed E-state index contributed by atoms with van der Waals surface area (Å²) >= 11 is 0.838. The molecule has 5 nitrogen and oxygen atoms in total. The van der Waals surface area contributed by atoms with E-state index >= 15 is 0 Å². The van der Waals surface area contributed by atoms with Gasteiger partial charge in [0.15, 0.2) is 0 Å². The molecule has 0 saturated heterocycles. The van der Waals surface area contributed by atoms with Crippen molar-refractivity contribution in [1.29, 1.82) is 0 Å². The number of carboxylic acids is 1. The zero-order valence-electron chi connectivity index (χ0n) is 12.5. The standard InChI is InChI=1S/C14H21NO4S2/c1-9-5-4-6-11(7-9)15(3)21(18,19)12-8-10(2)13(20-12)14(16)17/h8-9,11H,4-7H2,1-3H3,(H,16,17). The van der Waals surface area contributed by atoms with Crippen LogP contribution >= 0.6 is 11.3 Å². The van der Waals surface area contributed by atoms with Gasteiger partial charge in [-0.15, -0.1) is 11.3 Å². The molecule has 2 unspecified atom stereocenters. The van der Waals surface area contributed by atoms with Crippen LogP contribution in [0.25, 0.3) is 0 Å². The first-order chi connectivity index (χ1) is 9.73. The van der Waals surface area contributed by atoms with E-state index in [0.29, 0.717) is 11.5 Å². The zero-order valence-corrected chi connectivity index (χ0v) is 14.1. The van der Waals surface area contributed by atoms with E-state index in [1.54, 1.807) is 14.0 Å². The van der Waals surface area contributed by atoms with Gasteiger partial charge < -0.3 is 5.11 Å². The molecule has 2 rings (SSSR count). The smallest absolute Gasteiger partial charge is 0.346 e. The minimum Gasteiger partial charge on any atom is -0.477 e. The molecular formula is C14H21NO4S2. The summed E-state index contributed by atoms with van der Waals surface area (Å²) in [7, 11) is -2.00. The van der Waals surface area contributed by atoms with E-state index in [4.69, 9.17) is 5.11 Å². The predicted octanol–water partition coefficient (Wildman–Crippen LogP) is 2.95. The molecule has 1 heterocycles. The summed E-state index contributed by atoms with van der Waals surface area (Å²) in [4.78, 5) is 11.2. The summed E-state index contributed by atoms with van der Waals surface area (Å²) in [5, 5.41) is 9.07. The van der Waals surface area contributed by atoms with Crippen LogP contribution in [0.5, 0.6) is 0 Å². The first kappa shape index (κ1) is 16.5. The van der Waals surface area contributed by atoms with Gasteiger partial charge in [0, 0.05) is 13.1 Å². The van der Waals surface area contributed by atoms with Crippen molar-refractivity contribution >= 4 is 27.3 Å². The molecule has 0 radical (unpaired) electrons. The van der Waals surface area contributed by atoms with Gasteiger partial charge in [0.25, 0.3) is 10.0 Å². The van der Waals surface area contributed by atoms with Gasteiger partial charge in [-0.05, 0) is 37.3 Å². The minimum absolute atomic E-state index is 0.00874. The molecule has 1 aromatic rings. The number of aryl methyl sites for hydroxylation is 1. The summed E-state index contributed by atoms with van der Waals surface area (Å²) in [5.74, 6) is -0.547. The number of aromatic carboxylic acids is 1. The number of nitrogens with zero attached hydrogens (tertiary/aromatic N) is 1. The van der Waals surface area contributed by atoms with Crippen LogP contribution in [0.15, 0.2) is 10.3 Å². The molecule has 7 heteroatoms. The average Bonchev–Trinajstić information content (AvgIpc) is 2.80. The summed E-state index contributed by atoms with van der Waals surface area (Å²) < 4.78 is 26.9. The Kier molecular flexibility index (Phi) is 4.75. The van der Waals surface area contributed by atoms with Crippen LogP contribution in [0.2, 0.25) is 0 Å². The molecule has 1 N–H and O–H groups in total. The largest absolute Gasteiger partial charge is 0.477 e. The number of thiophene rings is 1. The van der Waals surface area contributed by atoms with Crippen LogP contribution in [0.4, 0.5) is 0 Å². The Balaban J connectivity index is 2.28. The lowest BCUT2D eigenvalue weighted by atomic mass is 9.87. The molecule has 118 valence electrons. The lowest BCUT2D eigenvalue weighted by molar-refractivity contribution is 0.0701. The SMILES string of the molecule is Cc1cc(S(=O)(=O)N(C)C2CCCC(C)C2)sc1C(=O)O. The van der Waals surface area contributed by atoms with Gasteiger partial charge >= 0.3 is 5.97 Å². The normalized spacial score (nSPS) is 23.4. The molecule has 1 saturated carbocycles. The summed E-state index contributed by atoms with van der Waals surface area (Å²) in [6.07, 6.45) is 3.92. The van der Waals surface area contributed by atoms with Crippen LogP contribution in [0.3, 0.4) is 0 Å². The lowest BCUT2D eigenvalue weighted by Gasteiger charge is -2.33. The minimum atomic E-state index is -3.61.